The first-order valence-electron chi connectivity index (χ1n) is 6.87. The second-order valence-corrected chi connectivity index (χ2v) is 5.16. The molecular weight excluding hydrogens is 240 g/mol. The summed E-state index contributed by atoms with van der Waals surface area (Å²) in [5.41, 5.74) is 0.397. The fraction of sp³-hybridized carbons (Fsp3) is 0.643. The Morgan fingerprint density at radius 1 is 1.37 bits per heavy atom. The van der Waals surface area contributed by atoms with Gasteiger partial charge in [0, 0.05) is 20.1 Å². The minimum absolute atomic E-state index is 0.0728. The van der Waals surface area contributed by atoms with Gasteiger partial charge in [-0.15, -0.1) is 10.2 Å². The minimum atomic E-state index is -0.0728. The van der Waals surface area contributed by atoms with Crippen molar-refractivity contribution in [3.63, 3.8) is 0 Å². The molecular formula is C14H24N4O. The molecule has 0 spiro atoms. The van der Waals surface area contributed by atoms with E-state index in [-0.39, 0.29) is 5.91 Å². The summed E-state index contributed by atoms with van der Waals surface area (Å²) in [7, 11) is 1.80. The van der Waals surface area contributed by atoms with Gasteiger partial charge in [0.15, 0.2) is 5.69 Å². The topological polar surface area (TPSA) is 58.1 Å². The van der Waals surface area contributed by atoms with Gasteiger partial charge < -0.3 is 10.2 Å². The minimum Gasteiger partial charge on any atom is -0.368 e. The molecule has 0 aliphatic rings. The van der Waals surface area contributed by atoms with Crippen molar-refractivity contribution >= 4 is 11.7 Å². The molecule has 1 heterocycles. The van der Waals surface area contributed by atoms with Crippen LogP contribution in [0.2, 0.25) is 0 Å². The number of amides is 1. The molecule has 0 bridgehead atoms. The maximum atomic E-state index is 12.0. The Kier molecular flexibility index (Phi) is 6.25. The number of carbonyl (C=O) groups is 1. The van der Waals surface area contributed by atoms with E-state index in [0.29, 0.717) is 17.4 Å². The van der Waals surface area contributed by atoms with Crippen molar-refractivity contribution in [2.75, 3.05) is 25.5 Å². The summed E-state index contributed by atoms with van der Waals surface area (Å²) >= 11 is 0. The molecule has 1 amide bonds. The van der Waals surface area contributed by atoms with E-state index in [9.17, 15) is 4.79 Å². The fourth-order valence-electron chi connectivity index (χ4n) is 1.54. The Morgan fingerprint density at radius 2 is 2.11 bits per heavy atom. The van der Waals surface area contributed by atoms with Gasteiger partial charge in [-0.05, 0) is 24.5 Å². The summed E-state index contributed by atoms with van der Waals surface area (Å²) < 4.78 is 0. The van der Waals surface area contributed by atoms with E-state index in [1.807, 2.05) is 0 Å². The maximum Gasteiger partial charge on any atom is 0.274 e. The van der Waals surface area contributed by atoms with Gasteiger partial charge in [0.2, 0.25) is 0 Å². The lowest BCUT2D eigenvalue weighted by Gasteiger charge is -2.15. The Morgan fingerprint density at radius 3 is 2.63 bits per heavy atom. The molecule has 0 atom stereocenters. The van der Waals surface area contributed by atoms with E-state index in [2.05, 4.69) is 36.3 Å². The molecule has 0 unspecified atom stereocenters. The smallest absolute Gasteiger partial charge is 0.274 e. The van der Waals surface area contributed by atoms with Gasteiger partial charge in [0.05, 0.1) is 0 Å². The zero-order valence-electron chi connectivity index (χ0n) is 12.3. The quantitative estimate of drug-likeness (QED) is 0.821. The van der Waals surface area contributed by atoms with Crippen molar-refractivity contribution < 1.29 is 4.79 Å². The molecule has 0 aliphatic carbocycles. The van der Waals surface area contributed by atoms with Crippen LogP contribution >= 0.6 is 0 Å². The van der Waals surface area contributed by atoms with Crippen LogP contribution in [0.5, 0.6) is 0 Å². The lowest BCUT2D eigenvalue weighted by Crippen LogP contribution is -2.28. The molecule has 5 nitrogen and oxygen atoms in total. The van der Waals surface area contributed by atoms with Crippen molar-refractivity contribution in [3.05, 3.63) is 17.8 Å². The average Bonchev–Trinajstić information content (AvgIpc) is 2.42. The summed E-state index contributed by atoms with van der Waals surface area (Å²) in [6.07, 6.45) is 2.07. The maximum absolute atomic E-state index is 12.0. The van der Waals surface area contributed by atoms with Crippen LogP contribution in [0.4, 0.5) is 5.82 Å². The van der Waals surface area contributed by atoms with Crippen LogP contribution in [-0.2, 0) is 0 Å². The van der Waals surface area contributed by atoms with Crippen molar-refractivity contribution in [3.8, 4) is 0 Å². The second kappa shape index (κ2) is 7.71. The number of aromatic nitrogens is 2. The number of anilines is 1. The first-order chi connectivity index (χ1) is 9.04. The molecule has 0 radical (unpaired) electrons. The predicted octanol–water partition coefficient (Wildman–Crippen LogP) is 2.42. The van der Waals surface area contributed by atoms with E-state index in [1.54, 1.807) is 24.1 Å². The summed E-state index contributed by atoms with van der Waals surface area (Å²) in [6, 6.07) is 3.52. The van der Waals surface area contributed by atoms with Crippen LogP contribution in [0.25, 0.3) is 0 Å². The van der Waals surface area contributed by atoms with Crippen LogP contribution in [0, 0.1) is 5.92 Å². The Bertz CT molecular complexity index is 389. The zero-order chi connectivity index (χ0) is 14.3. The van der Waals surface area contributed by atoms with Crippen LogP contribution in [0.15, 0.2) is 12.1 Å². The molecule has 0 saturated carbocycles. The molecule has 0 fully saturated rings. The van der Waals surface area contributed by atoms with E-state index < -0.39 is 0 Å². The number of nitrogens with zero attached hydrogens (tertiary/aromatic N) is 3. The van der Waals surface area contributed by atoms with E-state index >= 15 is 0 Å². The third-order valence-corrected chi connectivity index (χ3v) is 2.77. The summed E-state index contributed by atoms with van der Waals surface area (Å²) in [5.74, 6) is 1.18. The highest BCUT2D eigenvalue weighted by Gasteiger charge is 2.13. The number of hydrogen-bond donors (Lipinski definition) is 1. The standard InChI is InChI=1S/C14H24N4O/c1-5-6-9-18(4)14(19)12-7-8-13(17-16-12)15-10-11(2)3/h7-8,11H,5-6,9-10H2,1-4H3,(H,15,17). The second-order valence-electron chi connectivity index (χ2n) is 5.16. The number of nitrogens with one attached hydrogen (secondary N) is 1. The van der Waals surface area contributed by atoms with Gasteiger partial charge in [-0.3, -0.25) is 4.79 Å². The molecule has 1 aromatic heterocycles. The number of unbranched alkanes of at least 4 members (excludes halogenated alkanes) is 1. The number of rotatable bonds is 7. The molecule has 0 aromatic carbocycles. The monoisotopic (exact) mass is 264 g/mol. The highest BCUT2D eigenvalue weighted by molar-refractivity contribution is 5.92. The van der Waals surface area contributed by atoms with Crippen LogP contribution in [-0.4, -0.2) is 41.1 Å². The van der Waals surface area contributed by atoms with Gasteiger partial charge in [-0.2, -0.15) is 0 Å². The van der Waals surface area contributed by atoms with Crippen LogP contribution < -0.4 is 5.32 Å². The molecule has 19 heavy (non-hydrogen) atoms. The zero-order valence-corrected chi connectivity index (χ0v) is 12.3. The van der Waals surface area contributed by atoms with Crippen LogP contribution in [0.1, 0.15) is 44.1 Å². The van der Waals surface area contributed by atoms with E-state index in [1.165, 1.54) is 0 Å². The molecule has 5 heteroatoms. The van der Waals surface area contributed by atoms with Crippen LogP contribution in [0.3, 0.4) is 0 Å². The van der Waals surface area contributed by atoms with Gasteiger partial charge >= 0.3 is 0 Å². The SMILES string of the molecule is CCCCN(C)C(=O)c1ccc(NCC(C)C)nn1. The first kappa shape index (κ1) is 15.4. The Balaban J connectivity index is 2.57. The first-order valence-corrected chi connectivity index (χ1v) is 6.87. The molecule has 106 valence electrons. The summed E-state index contributed by atoms with van der Waals surface area (Å²) in [6.45, 7) is 7.96. The largest absolute Gasteiger partial charge is 0.368 e. The number of hydrogen-bond acceptors (Lipinski definition) is 4. The molecule has 0 saturated heterocycles. The summed E-state index contributed by atoms with van der Waals surface area (Å²) in [5, 5.41) is 11.2. The molecule has 0 aliphatic heterocycles. The van der Waals surface area contributed by atoms with Crippen molar-refractivity contribution in [2.45, 2.75) is 33.6 Å². The average molecular weight is 264 g/mol. The fourth-order valence-corrected chi connectivity index (χ4v) is 1.54. The molecule has 1 N–H and O–H groups in total. The van der Waals surface area contributed by atoms with Gasteiger partial charge in [0.1, 0.15) is 5.82 Å². The van der Waals surface area contributed by atoms with Crippen molar-refractivity contribution in [1.29, 1.82) is 0 Å². The van der Waals surface area contributed by atoms with Gasteiger partial charge in [-0.1, -0.05) is 27.2 Å². The van der Waals surface area contributed by atoms with Gasteiger partial charge in [0.25, 0.3) is 5.91 Å². The van der Waals surface area contributed by atoms with Gasteiger partial charge in [-0.25, -0.2) is 0 Å². The van der Waals surface area contributed by atoms with Crippen molar-refractivity contribution in [2.24, 2.45) is 5.92 Å². The third kappa shape index (κ3) is 5.24. The molecule has 1 aromatic rings. The molecule has 1 rings (SSSR count). The Labute approximate surface area is 115 Å². The highest BCUT2D eigenvalue weighted by atomic mass is 16.2. The van der Waals surface area contributed by atoms with E-state index in [0.717, 1.165) is 25.9 Å². The summed E-state index contributed by atoms with van der Waals surface area (Å²) in [4.78, 5) is 13.7. The number of carbonyl (C=O) groups excluding carboxylic acids is 1. The normalized spacial score (nSPS) is 10.6. The predicted molar refractivity (Wildman–Crippen MR) is 77.2 cm³/mol. The third-order valence-electron chi connectivity index (χ3n) is 2.77. The Hall–Kier alpha value is -1.65. The lowest BCUT2D eigenvalue weighted by molar-refractivity contribution is 0.0786. The highest BCUT2D eigenvalue weighted by Crippen LogP contribution is 2.06. The van der Waals surface area contributed by atoms with Crippen molar-refractivity contribution in [1.82, 2.24) is 15.1 Å². The van der Waals surface area contributed by atoms with E-state index in [4.69, 9.17) is 0 Å². The lowest BCUT2D eigenvalue weighted by atomic mass is 10.2.